The number of hydrogen-bond acceptors (Lipinski definition) is 6. The second kappa shape index (κ2) is 7.50. The monoisotopic (exact) mass is 378 g/mol. The third-order valence-corrected chi connectivity index (χ3v) is 5.56. The van der Waals surface area contributed by atoms with Crippen molar-refractivity contribution in [1.29, 1.82) is 0 Å². The molecular weight excluding hydrogens is 352 g/mol. The van der Waals surface area contributed by atoms with E-state index in [1.165, 1.54) is 0 Å². The van der Waals surface area contributed by atoms with Crippen LogP contribution in [0, 0.1) is 0 Å². The number of aromatic hydroxyl groups is 1. The molecule has 1 aromatic heterocycles. The highest BCUT2D eigenvalue weighted by atomic mass is 16.3. The molecule has 3 heterocycles. The van der Waals surface area contributed by atoms with Crippen LogP contribution < -0.4 is 10.6 Å². The fraction of sp³-hybridized carbons (Fsp3) is 0.381. The van der Waals surface area contributed by atoms with Gasteiger partial charge in [-0.15, -0.1) is 10.2 Å². The highest BCUT2D eigenvalue weighted by molar-refractivity contribution is 5.93. The van der Waals surface area contributed by atoms with Crippen molar-refractivity contribution in [3.8, 4) is 17.0 Å². The van der Waals surface area contributed by atoms with Crippen LogP contribution in [-0.4, -0.2) is 58.3 Å². The van der Waals surface area contributed by atoms with Gasteiger partial charge in [0.1, 0.15) is 11.6 Å². The van der Waals surface area contributed by atoms with E-state index in [0.29, 0.717) is 29.2 Å². The Morgan fingerprint density at radius 2 is 2.11 bits per heavy atom. The molecule has 2 aliphatic rings. The molecule has 7 heteroatoms. The number of rotatable bonds is 4. The second-order valence-corrected chi connectivity index (χ2v) is 7.26. The number of likely N-dealkylation sites (tertiary alicyclic amines) is 1. The van der Waals surface area contributed by atoms with E-state index in [1.807, 2.05) is 25.2 Å². The van der Waals surface area contributed by atoms with E-state index < -0.39 is 0 Å². The number of nitrogens with zero attached hydrogens (tertiary/aromatic N) is 5. The number of aromatic nitrogens is 2. The summed E-state index contributed by atoms with van der Waals surface area (Å²) < 4.78 is 0. The predicted octanol–water partition coefficient (Wildman–Crippen LogP) is 2.69. The first-order valence-corrected chi connectivity index (χ1v) is 9.70. The van der Waals surface area contributed by atoms with Crippen LogP contribution in [0.3, 0.4) is 0 Å². The molecule has 7 nitrogen and oxygen atoms in total. The Labute approximate surface area is 165 Å². The first-order chi connectivity index (χ1) is 13.6. The number of para-hydroxylation sites is 1. The summed E-state index contributed by atoms with van der Waals surface area (Å²) in [7, 11) is 1.85. The molecule has 2 aliphatic heterocycles. The lowest BCUT2D eigenvalue weighted by Gasteiger charge is -2.36. The normalized spacial score (nSPS) is 21.9. The Morgan fingerprint density at radius 1 is 1.29 bits per heavy atom. The van der Waals surface area contributed by atoms with Crippen molar-refractivity contribution in [2.45, 2.75) is 31.8 Å². The van der Waals surface area contributed by atoms with E-state index in [4.69, 9.17) is 5.73 Å². The summed E-state index contributed by atoms with van der Waals surface area (Å²) in [4.78, 5) is 9.18. The van der Waals surface area contributed by atoms with Gasteiger partial charge in [0.15, 0.2) is 5.82 Å². The van der Waals surface area contributed by atoms with Crippen molar-refractivity contribution in [1.82, 2.24) is 15.1 Å². The number of nitrogen functional groups attached to an aromatic ring is 1. The summed E-state index contributed by atoms with van der Waals surface area (Å²) in [5.74, 6) is 1.66. The largest absolute Gasteiger partial charge is 0.507 e. The van der Waals surface area contributed by atoms with E-state index in [2.05, 4.69) is 44.1 Å². The number of anilines is 2. The maximum atomic E-state index is 10.1. The van der Waals surface area contributed by atoms with Crippen LogP contribution in [0.25, 0.3) is 11.3 Å². The van der Waals surface area contributed by atoms with Gasteiger partial charge < -0.3 is 20.6 Å². The first-order valence-electron chi connectivity index (χ1n) is 9.70. The van der Waals surface area contributed by atoms with Crippen LogP contribution in [0.4, 0.5) is 11.5 Å². The predicted molar refractivity (Wildman–Crippen MR) is 113 cm³/mol. The number of fused-ring (bicyclic) bond motifs is 2. The van der Waals surface area contributed by atoms with Gasteiger partial charge in [0.2, 0.25) is 0 Å². The van der Waals surface area contributed by atoms with Crippen molar-refractivity contribution in [3.05, 3.63) is 42.5 Å². The minimum Gasteiger partial charge on any atom is -0.507 e. The molecule has 2 fully saturated rings. The second-order valence-electron chi connectivity index (χ2n) is 7.26. The summed E-state index contributed by atoms with van der Waals surface area (Å²) in [6, 6.07) is 9.86. The summed E-state index contributed by atoms with van der Waals surface area (Å²) in [6.45, 7) is 3.92. The number of nitrogens with two attached hydrogens (primary N) is 1. The molecule has 0 saturated carbocycles. The number of allylic oxidation sites excluding steroid dienone is 1. The van der Waals surface area contributed by atoms with Gasteiger partial charge in [-0.05, 0) is 37.1 Å². The molecule has 0 amide bonds. The Morgan fingerprint density at radius 3 is 2.79 bits per heavy atom. The Hall–Kier alpha value is -3.09. The molecule has 28 heavy (non-hydrogen) atoms. The van der Waals surface area contributed by atoms with E-state index in [-0.39, 0.29) is 5.75 Å². The molecule has 2 bridgehead atoms. The molecule has 2 aromatic rings. The minimum atomic E-state index is 0.188. The summed E-state index contributed by atoms with van der Waals surface area (Å²) in [5, 5.41) is 18.5. The van der Waals surface area contributed by atoms with Gasteiger partial charge in [-0.2, -0.15) is 0 Å². The molecule has 1 aromatic carbocycles. The minimum absolute atomic E-state index is 0.188. The smallest absolute Gasteiger partial charge is 0.169 e. The molecule has 0 radical (unpaired) electrons. The molecule has 4 rings (SSSR count). The van der Waals surface area contributed by atoms with Crippen molar-refractivity contribution >= 4 is 17.3 Å². The third kappa shape index (κ3) is 3.17. The van der Waals surface area contributed by atoms with Gasteiger partial charge in [-0.25, -0.2) is 0 Å². The summed E-state index contributed by atoms with van der Waals surface area (Å²) >= 11 is 0. The maximum absolute atomic E-state index is 10.1. The van der Waals surface area contributed by atoms with Gasteiger partial charge in [-0.1, -0.05) is 25.1 Å². The van der Waals surface area contributed by atoms with Crippen LogP contribution >= 0.6 is 0 Å². The number of phenolic OH excluding ortho intramolecular Hbond substituents is 1. The number of hydrogen-bond donors (Lipinski definition) is 2. The molecule has 2 atom stereocenters. The van der Waals surface area contributed by atoms with E-state index in [1.54, 1.807) is 12.1 Å². The standard InChI is InChI=1S/C21H26N6O/c1-3-4-9-20(23-2)27-13-14-10-15(27)12-26(14)18-11-17(24-25-21(18)22)16-7-5-6-8-19(16)28/h4-9,11,14-15,28H,3,10,12-13H2,1-2H3,(H2,22,25)/b9-4-,23-20?. The van der Waals surface area contributed by atoms with Gasteiger partial charge >= 0.3 is 0 Å². The maximum Gasteiger partial charge on any atom is 0.169 e. The van der Waals surface area contributed by atoms with Crippen LogP contribution in [-0.2, 0) is 0 Å². The topological polar surface area (TPSA) is 90.9 Å². The molecule has 0 spiro atoms. The van der Waals surface area contributed by atoms with Crippen molar-refractivity contribution in [2.75, 3.05) is 30.8 Å². The van der Waals surface area contributed by atoms with E-state index >= 15 is 0 Å². The quantitative estimate of drug-likeness (QED) is 0.628. The van der Waals surface area contributed by atoms with Crippen LogP contribution in [0.15, 0.2) is 47.5 Å². The van der Waals surface area contributed by atoms with E-state index in [0.717, 1.165) is 37.5 Å². The lowest BCUT2D eigenvalue weighted by molar-refractivity contribution is 0.368. The first kappa shape index (κ1) is 18.3. The number of piperazine rings is 1. The average Bonchev–Trinajstić information content (AvgIpc) is 3.30. The Balaban J connectivity index is 1.59. The molecule has 3 N–H and O–H groups in total. The lowest BCUT2D eigenvalue weighted by Crippen LogP contribution is -2.48. The average molecular weight is 378 g/mol. The Bertz CT molecular complexity index is 925. The third-order valence-electron chi connectivity index (χ3n) is 5.56. The highest BCUT2D eigenvalue weighted by Crippen LogP contribution is 2.38. The summed E-state index contributed by atoms with van der Waals surface area (Å²) in [6.07, 6.45) is 6.34. The highest BCUT2D eigenvalue weighted by Gasteiger charge is 2.44. The van der Waals surface area contributed by atoms with Crippen LogP contribution in [0.2, 0.25) is 0 Å². The van der Waals surface area contributed by atoms with Gasteiger partial charge in [0.25, 0.3) is 0 Å². The van der Waals surface area contributed by atoms with Gasteiger partial charge in [0.05, 0.1) is 17.4 Å². The van der Waals surface area contributed by atoms with Gasteiger partial charge in [0, 0.05) is 31.7 Å². The zero-order valence-corrected chi connectivity index (χ0v) is 16.3. The fourth-order valence-corrected chi connectivity index (χ4v) is 4.21. The Kier molecular flexibility index (Phi) is 4.90. The zero-order chi connectivity index (χ0) is 19.7. The number of amidine groups is 1. The van der Waals surface area contributed by atoms with Crippen LogP contribution in [0.1, 0.15) is 19.8 Å². The van der Waals surface area contributed by atoms with Crippen molar-refractivity contribution in [2.24, 2.45) is 4.99 Å². The molecule has 146 valence electrons. The van der Waals surface area contributed by atoms with Crippen molar-refractivity contribution < 1.29 is 5.11 Å². The number of benzene rings is 1. The van der Waals surface area contributed by atoms with Crippen LogP contribution in [0.5, 0.6) is 5.75 Å². The van der Waals surface area contributed by atoms with Gasteiger partial charge in [-0.3, -0.25) is 4.99 Å². The molecule has 2 saturated heterocycles. The zero-order valence-electron chi connectivity index (χ0n) is 16.3. The van der Waals surface area contributed by atoms with E-state index in [9.17, 15) is 5.11 Å². The molecular formula is C21H26N6O. The number of aliphatic imine (C=N–C) groups is 1. The summed E-state index contributed by atoms with van der Waals surface area (Å²) in [5.41, 5.74) is 8.35. The SMILES string of the molecule is CC/C=C\C(=NC)N1CC2CC1CN2c1cc(-c2ccccc2O)nnc1N. The van der Waals surface area contributed by atoms with Crippen molar-refractivity contribution in [3.63, 3.8) is 0 Å². The fourth-order valence-electron chi connectivity index (χ4n) is 4.21. The number of phenols is 1. The molecule has 0 aliphatic carbocycles. The lowest BCUT2D eigenvalue weighted by atomic mass is 10.1. The molecule has 2 unspecified atom stereocenters.